The molecule has 190 valence electrons. The number of benzene rings is 2. The van der Waals surface area contributed by atoms with Crippen molar-refractivity contribution in [3.8, 4) is 28.7 Å². The van der Waals surface area contributed by atoms with Crippen LogP contribution in [0.3, 0.4) is 0 Å². The second kappa shape index (κ2) is 10.5. The van der Waals surface area contributed by atoms with Gasteiger partial charge in [0.1, 0.15) is 11.5 Å². The van der Waals surface area contributed by atoms with Crippen LogP contribution in [0.2, 0.25) is 19.6 Å². The van der Waals surface area contributed by atoms with E-state index in [1.54, 1.807) is 11.6 Å². The van der Waals surface area contributed by atoms with E-state index in [0.717, 1.165) is 60.1 Å². The van der Waals surface area contributed by atoms with Gasteiger partial charge in [-0.2, -0.15) is 5.26 Å². The summed E-state index contributed by atoms with van der Waals surface area (Å²) in [4.78, 5) is 13.7. The molecule has 3 aromatic rings. The molecule has 0 radical (unpaired) electrons. The zero-order valence-electron chi connectivity index (χ0n) is 22.2. The van der Waals surface area contributed by atoms with Crippen LogP contribution in [0.5, 0.6) is 11.5 Å². The van der Waals surface area contributed by atoms with Crippen molar-refractivity contribution in [3.63, 3.8) is 0 Å². The highest BCUT2D eigenvalue weighted by Gasteiger charge is 2.30. The predicted octanol–water partition coefficient (Wildman–Crippen LogP) is 6.43. The second-order valence-electron chi connectivity index (χ2n) is 10.4. The Balaban J connectivity index is 2.03. The molecule has 2 heterocycles. The lowest BCUT2D eigenvalue weighted by Crippen LogP contribution is -2.31. The highest BCUT2D eigenvalue weighted by molar-refractivity contribution is 6.69. The SMILES string of the molecule is CCCCOc1ccc2c(-c3ccc4c(c3C)CCCO4)c(C(C#N)O[Si](C)(C)C)n(C)c(=O)c2c1. The van der Waals surface area contributed by atoms with Crippen molar-refractivity contribution in [3.05, 3.63) is 57.5 Å². The maximum atomic E-state index is 13.7. The number of pyridine rings is 1. The summed E-state index contributed by atoms with van der Waals surface area (Å²) in [5.74, 6) is 1.59. The van der Waals surface area contributed by atoms with Gasteiger partial charge in [0.05, 0.1) is 30.4 Å². The minimum absolute atomic E-state index is 0.164. The number of ether oxygens (including phenoxy) is 2. The van der Waals surface area contributed by atoms with E-state index in [4.69, 9.17) is 13.9 Å². The van der Waals surface area contributed by atoms with Crippen molar-refractivity contribution in [1.29, 1.82) is 5.26 Å². The normalized spacial score (nSPS) is 14.1. The van der Waals surface area contributed by atoms with Gasteiger partial charge >= 0.3 is 0 Å². The van der Waals surface area contributed by atoms with E-state index in [9.17, 15) is 10.1 Å². The van der Waals surface area contributed by atoms with E-state index in [2.05, 4.69) is 45.6 Å². The molecule has 6 nitrogen and oxygen atoms in total. The van der Waals surface area contributed by atoms with Crippen LogP contribution in [0.1, 0.15) is 49.1 Å². The van der Waals surface area contributed by atoms with Crippen LogP contribution in [0.4, 0.5) is 0 Å². The summed E-state index contributed by atoms with van der Waals surface area (Å²) in [5.41, 5.74) is 4.59. The first-order valence-corrected chi connectivity index (χ1v) is 16.2. The van der Waals surface area contributed by atoms with Crippen LogP contribution in [-0.2, 0) is 17.9 Å². The fourth-order valence-electron chi connectivity index (χ4n) is 4.90. The Hall–Kier alpha value is -3.08. The molecule has 36 heavy (non-hydrogen) atoms. The molecule has 7 heteroatoms. The number of nitrogens with zero attached hydrogens (tertiary/aromatic N) is 2. The van der Waals surface area contributed by atoms with Gasteiger partial charge in [-0.25, -0.2) is 0 Å². The Kier molecular flexibility index (Phi) is 7.58. The van der Waals surface area contributed by atoms with Gasteiger partial charge in [0.15, 0.2) is 14.4 Å². The Labute approximate surface area is 214 Å². The molecule has 1 aliphatic heterocycles. The summed E-state index contributed by atoms with van der Waals surface area (Å²) < 4.78 is 19.8. The molecule has 0 fully saturated rings. The average Bonchev–Trinajstić information content (AvgIpc) is 2.85. The molecular weight excluding hydrogens is 468 g/mol. The first kappa shape index (κ1) is 26.0. The molecule has 1 unspecified atom stereocenters. The lowest BCUT2D eigenvalue weighted by molar-refractivity contribution is 0.245. The zero-order valence-corrected chi connectivity index (χ0v) is 23.2. The van der Waals surface area contributed by atoms with Gasteiger partial charge in [-0.3, -0.25) is 4.79 Å². The fourth-order valence-corrected chi connectivity index (χ4v) is 5.78. The van der Waals surface area contributed by atoms with E-state index < -0.39 is 14.4 Å². The van der Waals surface area contributed by atoms with E-state index in [-0.39, 0.29) is 5.56 Å². The van der Waals surface area contributed by atoms with Gasteiger partial charge in [0, 0.05) is 12.6 Å². The van der Waals surface area contributed by atoms with Gasteiger partial charge in [-0.1, -0.05) is 19.4 Å². The summed E-state index contributed by atoms with van der Waals surface area (Å²) in [6, 6.07) is 12.1. The maximum absolute atomic E-state index is 13.7. The van der Waals surface area contributed by atoms with Crippen molar-refractivity contribution < 1.29 is 13.9 Å². The molecule has 2 aromatic carbocycles. The van der Waals surface area contributed by atoms with Crippen LogP contribution >= 0.6 is 0 Å². The summed E-state index contributed by atoms with van der Waals surface area (Å²) in [6.07, 6.45) is 3.04. The Bertz CT molecular complexity index is 1380. The standard InChI is InChI=1S/C29H36N2O4Si/c1-7-8-15-33-20-11-12-23-24(17-20)29(32)31(3)28(26(18-30)35-36(4,5)6)27(23)22-13-14-25-21(19(22)2)10-9-16-34-25/h11-14,17,26H,7-10,15-16H2,1-6H3. The Morgan fingerprint density at radius 3 is 2.67 bits per heavy atom. The lowest BCUT2D eigenvalue weighted by Gasteiger charge is -2.28. The molecular formula is C29H36N2O4Si. The van der Waals surface area contributed by atoms with E-state index in [0.29, 0.717) is 23.4 Å². The topological polar surface area (TPSA) is 73.5 Å². The zero-order chi connectivity index (χ0) is 26.0. The number of hydrogen-bond donors (Lipinski definition) is 0. The van der Waals surface area contributed by atoms with Gasteiger partial charge in [-0.05, 0) is 92.2 Å². The monoisotopic (exact) mass is 504 g/mol. The first-order valence-electron chi connectivity index (χ1n) is 12.8. The van der Waals surface area contributed by atoms with E-state index in [1.165, 1.54) is 5.56 Å². The minimum atomic E-state index is -2.10. The van der Waals surface area contributed by atoms with Gasteiger partial charge in [0.2, 0.25) is 0 Å². The van der Waals surface area contributed by atoms with Gasteiger partial charge in [-0.15, -0.1) is 0 Å². The van der Waals surface area contributed by atoms with Crippen molar-refractivity contribution in [2.24, 2.45) is 7.05 Å². The van der Waals surface area contributed by atoms with Crippen molar-refractivity contribution in [1.82, 2.24) is 4.57 Å². The predicted molar refractivity (Wildman–Crippen MR) is 146 cm³/mol. The van der Waals surface area contributed by atoms with Gasteiger partial charge < -0.3 is 18.5 Å². The summed E-state index contributed by atoms with van der Waals surface area (Å²) in [7, 11) is -0.362. The molecule has 0 bridgehead atoms. The molecule has 4 rings (SSSR count). The molecule has 1 atom stereocenters. The summed E-state index contributed by atoms with van der Waals surface area (Å²) in [5, 5.41) is 11.6. The van der Waals surface area contributed by atoms with Crippen molar-refractivity contribution in [2.75, 3.05) is 13.2 Å². The number of unbranched alkanes of at least 4 members (excludes halogenated alkanes) is 1. The summed E-state index contributed by atoms with van der Waals surface area (Å²) in [6.45, 7) is 11.7. The first-order chi connectivity index (χ1) is 17.2. The third-order valence-electron chi connectivity index (χ3n) is 6.67. The number of hydrogen-bond acceptors (Lipinski definition) is 5. The third kappa shape index (κ3) is 5.06. The number of aromatic nitrogens is 1. The third-order valence-corrected chi connectivity index (χ3v) is 7.61. The van der Waals surface area contributed by atoms with Crippen LogP contribution in [-0.4, -0.2) is 26.1 Å². The van der Waals surface area contributed by atoms with E-state index >= 15 is 0 Å². The van der Waals surface area contributed by atoms with Crippen molar-refractivity contribution in [2.45, 2.75) is 65.3 Å². The van der Waals surface area contributed by atoms with Crippen LogP contribution in [0.15, 0.2) is 35.1 Å². The number of nitriles is 1. The fraction of sp³-hybridized carbons (Fsp3) is 0.448. The molecule has 1 aromatic heterocycles. The van der Waals surface area contributed by atoms with Crippen LogP contribution in [0.25, 0.3) is 21.9 Å². The molecule has 0 aliphatic carbocycles. The highest BCUT2D eigenvalue weighted by atomic mass is 28.4. The average molecular weight is 505 g/mol. The molecule has 0 amide bonds. The molecule has 0 spiro atoms. The maximum Gasteiger partial charge on any atom is 0.258 e. The smallest absolute Gasteiger partial charge is 0.258 e. The minimum Gasteiger partial charge on any atom is -0.494 e. The molecule has 0 saturated heterocycles. The highest BCUT2D eigenvalue weighted by Crippen LogP contribution is 2.41. The van der Waals surface area contributed by atoms with Crippen LogP contribution < -0.4 is 15.0 Å². The van der Waals surface area contributed by atoms with Crippen LogP contribution in [0, 0.1) is 18.3 Å². The molecule has 1 aliphatic rings. The van der Waals surface area contributed by atoms with Crippen molar-refractivity contribution >= 4 is 19.1 Å². The lowest BCUT2D eigenvalue weighted by atomic mass is 9.88. The quantitative estimate of drug-likeness (QED) is 0.261. The number of rotatable bonds is 8. The number of fused-ring (bicyclic) bond motifs is 2. The summed E-state index contributed by atoms with van der Waals surface area (Å²) >= 11 is 0. The largest absolute Gasteiger partial charge is 0.494 e. The molecule has 0 N–H and O–H groups in total. The van der Waals surface area contributed by atoms with Gasteiger partial charge in [0.25, 0.3) is 5.56 Å². The Morgan fingerprint density at radius 2 is 1.97 bits per heavy atom. The Morgan fingerprint density at radius 1 is 1.19 bits per heavy atom. The molecule has 0 saturated carbocycles. The second-order valence-corrected chi connectivity index (χ2v) is 14.9. The van der Waals surface area contributed by atoms with E-state index in [1.807, 2.05) is 24.3 Å².